The lowest BCUT2D eigenvalue weighted by Gasteiger charge is -2.29. The fraction of sp³-hybridized carbons (Fsp3) is 0.412. The van der Waals surface area contributed by atoms with Crippen molar-refractivity contribution in [2.24, 2.45) is 5.73 Å². The van der Waals surface area contributed by atoms with Crippen LogP contribution in [-0.4, -0.2) is 61.0 Å². The number of carbonyl (C=O) groups is 2. The second-order valence-electron chi connectivity index (χ2n) is 6.93. The zero-order valence-electron chi connectivity index (χ0n) is 15.1. The first kappa shape index (κ1) is 18.3. The van der Waals surface area contributed by atoms with Gasteiger partial charge in [-0.2, -0.15) is 0 Å². The van der Waals surface area contributed by atoms with Gasteiger partial charge >= 0.3 is 5.97 Å². The van der Waals surface area contributed by atoms with Gasteiger partial charge in [-0.1, -0.05) is 0 Å². The summed E-state index contributed by atoms with van der Waals surface area (Å²) >= 11 is 0. The Kier molecular flexibility index (Phi) is 4.10. The van der Waals surface area contributed by atoms with Crippen LogP contribution < -0.4 is 11.1 Å². The number of hydrogen-bond donors (Lipinski definition) is 4. The highest BCUT2D eigenvalue weighted by Crippen LogP contribution is 2.43. The second kappa shape index (κ2) is 6.26. The van der Waals surface area contributed by atoms with Crippen molar-refractivity contribution in [1.82, 2.24) is 14.5 Å². The van der Waals surface area contributed by atoms with Gasteiger partial charge < -0.3 is 35.3 Å². The smallest absolute Gasteiger partial charge is 0.303 e. The standard InChI is InChI=1S/C17H19N5O6/c1-7(24)27-13-10(5-23)28-16(17(13,2)26)22-4-8-9(18)3-11(25)21-14-12(8)15(22)20-6-19-14/h3-4,6,10,13,16,23,26H,5,18H2,1-2H3,(H,19,20,21,25)/t10-,13-,16-,17?/m1/s1. The van der Waals surface area contributed by atoms with E-state index in [1.54, 1.807) is 6.20 Å². The summed E-state index contributed by atoms with van der Waals surface area (Å²) < 4.78 is 12.5. The Morgan fingerprint density at radius 2 is 2.25 bits per heavy atom. The van der Waals surface area contributed by atoms with E-state index in [2.05, 4.69) is 15.3 Å². The van der Waals surface area contributed by atoms with Gasteiger partial charge in [0.25, 0.3) is 5.91 Å². The molecule has 11 nitrogen and oxygen atoms in total. The highest BCUT2D eigenvalue weighted by Gasteiger charge is 2.56. The number of aromatic nitrogens is 3. The molecule has 1 saturated heterocycles. The minimum absolute atomic E-state index is 0.197. The summed E-state index contributed by atoms with van der Waals surface area (Å²) in [6.07, 6.45) is 0.993. The second-order valence-corrected chi connectivity index (χ2v) is 6.93. The molecule has 4 rings (SSSR count). The van der Waals surface area contributed by atoms with Crippen molar-refractivity contribution < 1.29 is 29.3 Å². The molecule has 2 aliphatic heterocycles. The van der Waals surface area contributed by atoms with Gasteiger partial charge in [0.1, 0.15) is 29.5 Å². The molecule has 2 aromatic heterocycles. The molecule has 4 heterocycles. The number of hydrogen-bond acceptors (Lipinski definition) is 9. The molecule has 0 aromatic carbocycles. The van der Waals surface area contributed by atoms with Crippen LogP contribution in [0.5, 0.6) is 0 Å². The number of aliphatic hydroxyl groups is 2. The van der Waals surface area contributed by atoms with Gasteiger partial charge in [-0.25, -0.2) is 9.97 Å². The van der Waals surface area contributed by atoms with Crippen LogP contribution in [0, 0.1) is 0 Å². The lowest BCUT2D eigenvalue weighted by atomic mass is 9.96. The van der Waals surface area contributed by atoms with Gasteiger partial charge in [-0.3, -0.25) is 9.59 Å². The molecule has 1 unspecified atom stereocenters. The van der Waals surface area contributed by atoms with Gasteiger partial charge in [0.05, 0.1) is 12.0 Å². The van der Waals surface area contributed by atoms with Crippen molar-refractivity contribution >= 4 is 34.4 Å². The number of nitrogens with one attached hydrogen (secondary N) is 1. The fourth-order valence-corrected chi connectivity index (χ4v) is 3.70. The Labute approximate surface area is 158 Å². The van der Waals surface area contributed by atoms with Crippen molar-refractivity contribution in [3.63, 3.8) is 0 Å². The monoisotopic (exact) mass is 389 g/mol. The predicted molar refractivity (Wildman–Crippen MR) is 95.5 cm³/mol. The summed E-state index contributed by atoms with van der Waals surface area (Å²) in [4.78, 5) is 31.7. The maximum absolute atomic E-state index is 11.9. The quantitative estimate of drug-likeness (QED) is 0.495. The highest BCUT2D eigenvalue weighted by atomic mass is 16.6. The van der Waals surface area contributed by atoms with E-state index in [0.29, 0.717) is 16.6 Å². The molecule has 0 radical (unpaired) electrons. The van der Waals surface area contributed by atoms with Crippen LogP contribution in [0.4, 0.5) is 5.82 Å². The van der Waals surface area contributed by atoms with Crippen LogP contribution in [0.1, 0.15) is 25.6 Å². The molecule has 4 atom stereocenters. The van der Waals surface area contributed by atoms with E-state index in [0.717, 1.165) is 0 Å². The number of esters is 1. The number of carbonyl (C=O) groups excluding carboxylic acids is 2. The molecule has 2 aliphatic rings. The summed E-state index contributed by atoms with van der Waals surface area (Å²) in [5.74, 6) is -0.757. The Balaban J connectivity index is 1.88. The van der Waals surface area contributed by atoms with Gasteiger partial charge in [-0.15, -0.1) is 0 Å². The molecule has 1 fully saturated rings. The van der Waals surface area contributed by atoms with Crippen molar-refractivity contribution in [3.05, 3.63) is 24.2 Å². The number of nitrogens with two attached hydrogens (primary N) is 1. The number of nitrogens with zero attached hydrogens (tertiary/aromatic N) is 3. The molecular formula is C17H19N5O6. The van der Waals surface area contributed by atoms with Crippen molar-refractivity contribution in [3.8, 4) is 0 Å². The van der Waals surface area contributed by atoms with E-state index in [-0.39, 0.29) is 11.5 Å². The zero-order valence-corrected chi connectivity index (χ0v) is 15.1. The van der Waals surface area contributed by atoms with E-state index in [9.17, 15) is 19.8 Å². The van der Waals surface area contributed by atoms with Crippen LogP contribution >= 0.6 is 0 Å². The molecule has 0 aliphatic carbocycles. The van der Waals surface area contributed by atoms with Crippen molar-refractivity contribution in [2.45, 2.75) is 37.9 Å². The number of aliphatic hydroxyl groups excluding tert-OH is 1. The van der Waals surface area contributed by atoms with Crippen molar-refractivity contribution in [2.75, 3.05) is 11.9 Å². The van der Waals surface area contributed by atoms with Crippen LogP contribution in [0.15, 0.2) is 18.6 Å². The van der Waals surface area contributed by atoms with E-state index in [4.69, 9.17) is 15.2 Å². The molecule has 0 spiro atoms. The van der Waals surface area contributed by atoms with Crippen LogP contribution in [0.2, 0.25) is 0 Å². The van der Waals surface area contributed by atoms with Gasteiger partial charge in [0.15, 0.2) is 12.3 Å². The lowest BCUT2D eigenvalue weighted by Crippen LogP contribution is -2.46. The third kappa shape index (κ3) is 2.63. The third-order valence-corrected chi connectivity index (χ3v) is 4.89. The first-order valence-corrected chi connectivity index (χ1v) is 8.54. The SMILES string of the molecule is CC(=O)O[C@@H]1[C@@H](CO)O[C@@H](n2cc3c4c(ncnc42)NC(=O)C=C3N)C1(C)O. The van der Waals surface area contributed by atoms with Crippen LogP contribution in [0.25, 0.3) is 16.7 Å². The van der Waals surface area contributed by atoms with Gasteiger partial charge in [0, 0.05) is 30.5 Å². The summed E-state index contributed by atoms with van der Waals surface area (Å²) in [6, 6.07) is 0. The molecule has 28 heavy (non-hydrogen) atoms. The van der Waals surface area contributed by atoms with Gasteiger partial charge in [-0.05, 0) is 6.92 Å². The van der Waals surface area contributed by atoms with E-state index < -0.39 is 42.5 Å². The summed E-state index contributed by atoms with van der Waals surface area (Å²) in [5.41, 5.74) is 5.39. The molecular weight excluding hydrogens is 370 g/mol. The predicted octanol–water partition coefficient (Wildman–Crippen LogP) is -0.745. The van der Waals surface area contributed by atoms with E-state index in [1.165, 1.54) is 30.8 Å². The van der Waals surface area contributed by atoms with E-state index >= 15 is 0 Å². The largest absolute Gasteiger partial charge is 0.456 e. The van der Waals surface area contributed by atoms with Crippen LogP contribution in [-0.2, 0) is 19.1 Å². The molecule has 11 heteroatoms. The lowest BCUT2D eigenvalue weighted by molar-refractivity contribution is -0.161. The van der Waals surface area contributed by atoms with Crippen LogP contribution in [0.3, 0.4) is 0 Å². The fourth-order valence-electron chi connectivity index (χ4n) is 3.70. The molecule has 0 bridgehead atoms. The summed E-state index contributed by atoms with van der Waals surface area (Å²) in [7, 11) is 0. The zero-order chi connectivity index (χ0) is 20.2. The van der Waals surface area contributed by atoms with Crippen molar-refractivity contribution in [1.29, 1.82) is 0 Å². The maximum atomic E-state index is 11.9. The average Bonchev–Trinajstić information content (AvgIpc) is 3.07. The Hall–Kier alpha value is -3.02. The molecule has 1 amide bonds. The normalized spacial score (nSPS) is 29.4. The topological polar surface area (TPSA) is 162 Å². The highest BCUT2D eigenvalue weighted by molar-refractivity contribution is 6.13. The number of amides is 1. The Bertz CT molecular complexity index is 1010. The molecule has 2 aromatic rings. The summed E-state index contributed by atoms with van der Waals surface area (Å²) in [5, 5.41) is 23.9. The minimum atomic E-state index is -1.68. The third-order valence-electron chi connectivity index (χ3n) is 4.89. The maximum Gasteiger partial charge on any atom is 0.303 e. The molecule has 148 valence electrons. The summed E-state index contributed by atoms with van der Waals surface area (Å²) in [6.45, 7) is 2.19. The first-order chi connectivity index (χ1) is 13.2. The number of rotatable bonds is 3. The first-order valence-electron chi connectivity index (χ1n) is 8.54. The average molecular weight is 389 g/mol. The molecule has 5 N–H and O–H groups in total. The Morgan fingerprint density at radius 3 is 2.93 bits per heavy atom. The Morgan fingerprint density at radius 1 is 1.50 bits per heavy atom. The number of anilines is 1. The minimum Gasteiger partial charge on any atom is -0.456 e. The van der Waals surface area contributed by atoms with Gasteiger partial charge in [0.2, 0.25) is 0 Å². The van der Waals surface area contributed by atoms with E-state index in [1.807, 2.05) is 0 Å². The molecule has 0 saturated carbocycles. The number of ether oxygens (including phenoxy) is 2.